The third-order valence-electron chi connectivity index (χ3n) is 2.19. The monoisotopic (exact) mass is 199 g/mol. The molecule has 1 aromatic rings. The van der Waals surface area contributed by atoms with Crippen LogP contribution in [0, 0.1) is 11.8 Å². The topological polar surface area (TPSA) is 50.9 Å². The molecule has 0 saturated heterocycles. The third kappa shape index (κ3) is 3.32. The fourth-order valence-corrected chi connectivity index (χ4v) is 1.66. The molecule has 0 spiro atoms. The molecule has 0 aliphatic carbocycles. The minimum absolute atomic E-state index is 0.531. The van der Waals surface area contributed by atoms with Crippen LogP contribution < -0.4 is 11.1 Å². The highest BCUT2D eigenvalue weighted by atomic mass is 32.1. The second kappa shape index (κ2) is 5.19. The van der Waals surface area contributed by atoms with E-state index in [4.69, 9.17) is 5.73 Å². The molecular formula is C9H17N3S. The molecule has 13 heavy (non-hydrogen) atoms. The van der Waals surface area contributed by atoms with Crippen LogP contribution in [0.5, 0.6) is 0 Å². The number of nitrogens with zero attached hydrogens (tertiary/aromatic N) is 1. The van der Waals surface area contributed by atoms with Gasteiger partial charge in [0, 0.05) is 18.1 Å². The van der Waals surface area contributed by atoms with E-state index in [1.165, 1.54) is 0 Å². The van der Waals surface area contributed by atoms with Crippen LogP contribution in [-0.4, -0.2) is 18.1 Å². The first-order chi connectivity index (χ1) is 6.24. The lowest BCUT2D eigenvalue weighted by Crippen LogP contribution is -2.27. The van der Waals surface area contributed by atoms with Gasteiger partial charge < -0.3 is 11.1 Å². The number of nitrogens with one attached hydrogen (secondary N) is 1. The zero-order valence-corrected chi connectivity index (χ0v) is 8.97. The lowest BCUT2D eigenvalue weighted by molar-refractivity contribution is 0.413. The van der Waals surface area contributed by atoms with Crippen molar-refractivity contribution in [3.8, 4) is 0 Å². The fraction of sp³-hybridized carbons (Fsp3) is 0.667. The largest absolute Gasteiger partial charge is 0.361 e. The molecule has 74 valence electrons. The maximum absolute atomic E-state index is 5.66. The van der Waals surface area contributed by atoms with Gasteiger partial charge in [-0.3, -0.25) is 0 Å². The van der Waals surface area contributed by atoms with Gasteiger partial charge in [0.15, 0.2) is 5.13 Å². The molecule has 0 fully saturated rings. The molecule has 4 heteroatoms. The minimum atomic E-state index is 0.531. The summed E-state index contributed by atoms with van der Waals surface area (Å²) in [4.78, 5) is 4.15. The van der Waals surface area contributed by atoms with Gasteiger partial charge >= 0.3 is 0 Å². The SMILES string of the molecule is CC(C)C(CN)CNc1nccs1. The molecule has 0 bridgehead atoms. The molecule has 0 aliphatic heterocycles. The molecule has 1 rings (SSSR count). The maximum Gasteiger partial charge on any atom is 0.182 e. The van der Waals surface area contributed by atoms with Gasteiger partial charge in [0.2, 0.25) is 0 Å². The third-order valence-corrected chi connectivity index (χ3v) is 2.92. The number of aromatic nitrogens is 1. The Morgan fingerprint density at radius 3 is 2.85 bits per heavy atom. The number of anilines is 1. The molecule has 1 heterocycles. The van der Waals surface area contributed by atoms with Gasteiger partial charge in [-0.15, -0.1) is 11.3 Å². The fourth-order valence-electron chi connectivity index (χ4n) is 1.12. The first kappa shape index (κ1) is 10.5. The van der Waals surface area contributed by atoms with Crippen molar-refractivity contribution in [1.82, 2.24) is 4.98 Å². The molecular weight excluding hydrogens is 182 g/mol. The van der Waals surface area contributed by atoms with Crippen molar-refractivity contribution in [2.24, 2.45) is 17.6 Å². The van der Waals surface area contributed by atoms with Crippen LogP contribution in [0.4, 0.5) is 5.13 Å². The van der Waals surface area contributed by atoms with Crippen molar-refractivity contribution in [3.63, 3.8) is 0 Å². The average molecular weight is 199 g/mol. The Kier molecular flexibility index (Phi) is 4.18. The van der Waals surface area contributed by atoms with Gasteiger partial charge in [-0.05, 0) is 18.4 Å². The summed E-state index contributed by atoms with van der Waals surface area (Å²) in [6, 6.07) is 0. The summed E-state index contributed by atoms with van der Waals surface area (Å²) in [5, 5.41) is 6.24. The number of hydrogen-bond donors (Lipinski definition) is 2. The van der Waals surface area contributed by atoms with Crippen LogP contribution in [0.2, 0.25) is 0 Å². The van der Waals surface area contributed by atoms with E-state index in [2.05, 4.69) is 24.1 Å². The predicted octanol–water partition coefficient (Wildman–Crippen LogP) is 1.79. The maximum atomic E-state index is 5.66. The van der Waals surface area contributed by atoms with Crippen molar-refractivity contribution in [2.45, 2.75) is 13.8 Å². The van der Waals surface area contributed by atoms with Gasteiger partial charge in [-0.2, -0.15) is 0 Å². The molecule has 1 unspecified atom stereocenters. The second-order valence-corrected chi connectivity index (χ2v) is 4.35. The summed E-state index contributed by atoms with van der Waals surface area (Å²) in [6.45, 7) is 6.04. The molecule has 3 N–H and O–H groups in total. The minimum Gasteiger partial charge on any atom is -0.361 e. The summed E-state index contributed by atoms with van der Waals surface area (Å²) in [5.41, 5.74) is 5.66. The Labute approximate surface area is 83.4 Å². The number of rotatable bonds is 5. The van der Waals surface area contributed by atoms with Crippen LogP contribution in [0.15, 0.2) is 11.6 Å². The summed E-state index contributed by atoms with van der Waals surface area (Å²) < 4.78 is 0. The van der Waals surface area contributed by atoms with E-state index in [0.29, 0.717) is 11.8 Å². The molecule has 0 saturated carbocycles. The highest BCUT2D eigenvalue weighted by Crippen LogP contribution is 2.14. The lowest BCUT2D eigenvalue weighted by Gasteiger charge is -2.18. The van der Waals surface area contributed by atoms with Crippen molar-refractivity contribution in [3.05, 3.63) is 11.6 Å². The van der Waals surface area contributed by atoms with Crippen molar-refractivity contribution < 1.29 is 0 Å². The van der Waals surface area contributed by atoms with Gasteiger partial charge in [-0.1, -0.05) is 13.8 Å². The van der Waals surface area contributed by atoms with E-state index in [1.807, 2.05) is 5.38 Å². The molecule has 0 radical (unpaired) electrons. The van der Waals surface area contributed by atoms with Gasteiger partial charge in [0.05, 0.1) is 0 Å². The number of hydrogen-bond acceptors (Lipinski definition) is 4. The molecule has 1 atom stereocenters. The van der Waals surface area contributed by atoms with Gasteiger partial charge in [0.1, 0.15) is 0 Å². The van der Waals surface area contributed by atoms with Gasteiger partial charge in [-0.25, -0.2) is 4.98 Å². The molecule has 0 amide bonds. The lowest BCUT2D eigenvalue weighted by atomic mass is 9.96. The highest BCUT2D eigenvalue weighted by Gasteiger charge is 2.10. The van der Waals surface area contributed by atoms with Crippen molar-refractivity contribution in [1.29, 1.82) is 0 Å². The van der Waals surface area contributed by atoms with E-state index in [1.54, 1.807) is 17.5 Å². The first-order valence-electron chi connectivity index (χ1n) is 4.57. The van der Waals surface area contributed by atoms with E-state index in [0.717, 1.165) is 18.2 Å². The first-order valence-corrected chi connectivity index (χ1v) is 5.45. The Morgan fingerprint density at radius 2 is 2.38 bits per heavy atom. The van der Waals surface area contributed by atoms with Crippen molar-refractivity contribution >= 4 is 16.5 Å². The molecule has 3 nitrogen and oxygen atoms in total. The summed E-state index contributed by atoms with van der Waals surface area (Å²) in [6.07, 6.45) is 1.81. The molecule has 1 aromatic heterocycles. The van der Waals surface area contributed by atoms with E-state index >= 15 is 0 Å². The van der Waals surface area contributed by atoms with E-state index in [-0.39, 0.29) is 0 Å². The van der Waals surface area contributed by atoms with Crippen LogP contribution in [0.3, 0.4) is 0 Å². The zero-order chi connectivity index (χ0) is 9.68. The van der Waals surface area contributed by atoms with Crippen LogP contribution >= 0.6 is 11.3 Å². The predicted molar refractivity (Wildman–Crippen MR) is 58.0 cm³/mol. The van der Waals surface area contributed by atoms with E-state index in [9.17, 15) is 0 Å². The quantitative estimate of drug-likeness (QED) is 0.760. The summed E-state index contributed by atoms with van der Waals surface area (Å²) >= 11 is 1.62. The standard InChI is InChI=1S/C9H17N3S/c1-7(2)8(5-10)6-12-9-11-3-4-13-9/h3-4,7-8H,5-6,10H2,1-2H3,(H,11,12). The Bertz CT molecular complexity index is 221. The van der Waals surface area contributed by atoms with Crippen LogP contribution in [0.25, 0.3) is 0 Å². The van der Waals surface area contributed by atoms with Crippen molar-refractivity contribution in [2.75, 3.05) is 18.4 Å². The molecule has 0 aromatic carbocycles. The zero-order valence-electron chi connectivity index (χ0n) is 8.16. The van der Waals surface area contributed by atoms with Crippen LogP contribution in [-0.2, 0) is 0 Å². The summed E-state index contributed by atoms with van der Waals surface area (Å²) in [5.74, 6) is 1.15. The highest BCUT2D eigenvalue weighted by molar-refractivity contribution is 7.13. The van der Waals surface area contributed by atoms with Gasteiger partial charge in [0.25, 0.3) is 0 Å². The normalized spacial score (nSPS) is 13.2. The van der Waals surface area contributed by atoms with Crippen LogP contribution in [0.1, 0.15) is 13.8 Å². The molecule has 0 aliphatic rings. The average Bonchev–Trinajstić information content (AvgIpc) is 2.57. The number of thiazole rings is 1. The van der Waals surface area contributed by atoms with E-state index < -0.39 is 0 Å². The number of nitrogens with two attached hydrogens (primary N) is 1. The Balaban J connectivity index is 2.32. The second-order valence-electron chi connectivity index (χ2n) is 3.46. The Morgan fingerprint density at radius 1 is 1.62 bits per heavy atom. The summed E-state index contributed by atoms with van der Waals surface area (Å²) in [7, 11) is 0. The smallest absolute Gasteiger partial charge is 0.182 e. The Hall–Kier alpha value is -0.610.